The minimum atomic E-state index is -1.32. The second-order valence-corrected chi connectivity index (χ2v) is 2.56. The van der Waals surface area contributed by atoms with Crippen LogP contribution < -0.4 is 0 Å². The van der Waals surface area contributed by atoms with E-state index in [1.807, 2.05) is 12.1 Å². The standard InChI is InChI=1S/C10H8N4O2/c11-3-6-14(7-4-12)5-1-2-9(8-13)10(15)16/h1-2,5H,6-7H2,(H,15,16)/b5-1+,9-2+. The predicted molar refractivity (Wildman–Crippen MR) is 53.3 cm³/mol. The number of carbonyl (C=O) groups is 1. The van der Waals surface area contributed by atoms with E-state index in [4.69, 9.17) is 20.9 Å². The first-order valence-corrected chi connectivity index (χ1v) is 4.15. The summed E-state index contributed by atoms with van der Waals surface area (Å²) in [6, 6.07) is 5.20. The van der Waals surface area contributed by atoms with Crippen LogP contribution >= 0.6 is 0 Å². The number of carboxylic acid groups (broad SMARTS) is 1. The molecule has 6 nitrogen and oxygen atoms in total. The molecule has 0 bridgehead atoms. The lowest BCUT2D eigenvalue weighted by molar-refractivity contribution is -0.132. The highest BCUT2D eigenvalue weighted by Gasteiger charge is 2.02. The van der Waals surface area contributed by atoms with Crippen LogP contribution in [0.3, 0.4) is 0 Å². The second kappa shape index (κ2) is 7.61. The van der Waals surface area contributed by atoms with Gasteiger partial charge in [-0.15, -0.1) is 0 Å². The van der Waals surface area contributed by atoms with Gasteiger partial charge in [0, 0.05) is 6.20 Å². The van der Waals surface area contributed by atoms with Crippen LogP contribution in [0.2, 0.25) is 0 Å². The average molecular weight is 216 g/mol. The normalized spacial score (nSPS) is 10.2. The van der Waals surface area contributed by atoms with Crippen molar-refractivity contribution in [2.75, 3.05) is 13.1 Å². The van der Waals surface area contributed by atoms with Crippen molar-refractivity contribution in [1.82, 2.24) is 4.90 Å². The molecule has 0 radical (unpaired) electrons. The fourth-order valence-electron chi connectivity index (χ4n) is 0.760. The Morgan fingerprint density at radius 1 is 1.25 bits per heavy atom. The monoisotopic (exact) mass is 216 g/mol. The Bertz CT molecular complexity index is 415. The van der Waals surface area contributed by atoms with Crippen LogP contribution in [-0.2, 0) is 4.79 Å². The number of aliphatic carboxylic acids is 1. The molecule has 0 amide bonds. The molecule has 0 aromatic heterocycles. The SMILES string of the molecule is N#CCN(/C=C/C=C(\C#N)C(=O)O)CC#N. The zero-order valence-corrected chi connectivity index (χ0v) is 8.29. The van der Waals surface area contributed by atoms with Gasteiger partial charge in [0.15, 0.2) is 0 Å². The Hall–Kier alpha value is -2.78. The molecule has 0 aromatic carbocycles. The Balaban J connectivity index is 4.59. The highest BCUT2D eigenvalue weighted by atomic mass is 16.4. The maximum Gasteiger partial charge on any atom is 0.346 e. The minimum Gasteiger partial charge on any atom is -0.477 e. The van der Waals surface area contributed by atoms with Crippen molar-refractivity contribution in [3.8, 4) is 18.2 Å². The van der Waals surface area contributed by atoms with Gasteiger partial charge in [0.25, 0.3) is 0 Å². The van der Waals surface area contributed by atoms with Crippen molar-refractivity contribution < 1.29 is 9.90 Å². The van der Waals surface area contributed by atoms with Crippen molar-refractivity contribution in [3.05, 3.63) is 23.9 Å². The number of carboxylic acids is 1. The third-order valence-electron chi connectivity index (χ3n) is 1.46. The molecule has 0 rings (SSSR count). The highest BCUT2D eigenvalue weighted by Crippen LogP contribution is 1.95. The maximum absolute atomic E-state index is 10.4. The molecular formula is C10H8N4O2. The molecule has 0 saturated heterocycles. The van der Waals surface area contributed by atoms with Gasteiger partial charge in [-0.1, -0.05) is 0 Å². The van der Waals surface area contributed by atoms with Gasteiger partial charge in [0.2, 0.25) is 0 Å². The Labute approximate surface area is 92.5 Å². The van der Waals surface area contributed by atoms with Gasteiger partial charge in [-0.2, -0.15) is 15.8 Å². The Morgan fingerprint density at radius 2 is 1.81 bits per heavy atom. The fraction of sp³-hybridized carbons (Fsp3) is 0.200. The molecule has 80 valence electrons. The first-order valence-electron chi connectivity index (χ1n) is 4.15. The largest absolute Gasteiger partial charge is 0.477 e. The van der Waals surface area contributed by atoms with Gasteiger partial charge in [-0.05, 0) is 12.2 Å². The summed E-state index contributed by atoms with van der Waals surface area (Å²) in [5.74, 6) is -1.32. The lowest BCUT2D eigenvalue weighted by Crippen LogP contribution is -2.17. The van der Waals surface area contributed by atoms with Gasteiger partial charge in [0.1, 0.15) is 24.7 Å². The molecule has 6 heteroatoms. The van der Waals surface area contributed by atoms with Crippen LogP contribution in [0.15, 0.2) is 23.9 Å². The van der Waals surface area contributed by atoms with Crippen molar-refractivity contribution in [2.45, 2.75) is 0 Å². The minimum absolute atomic E-state index is 0.0207. The van der Waals surface area contributed by atoms with Crippen LogP contribution in [0.25, 0.3) is 0 Å². The summed E-state index contributed by atoms with van der Waals surface area (Å²) in [6.45, 7) is 0.0414. The summed E-state index contributed by atoms with van der Waals surface area (Å²) in [6.07, 6.45) is 3.79. The maximum atomic E-state index is 10.4. The number of hydrogen-bond acceptors (Lipinski definition) is 5. The number of hydrogen-bond donors (Lipinski definition) is 1. The van der Waals surface area contributed by atoms with Crippen molar-refractivity contribution >= 4 is 5.97 Å². The summed E-state index contributed by atoms with van der Waals surface area (Å²) < 4.78 is 0. The summed E-state index contributed by atoms with van der Waals surface area (Å²) in [5, 5.41) is 33.7. The van der Waals surface area contributed by atoms with E-state index < -0.39 is 11.5 Å². The quantitative estimate of drug-likeness (QED) is 0.308. The van der Waals surface area contributed by atoms with E-state index in [9.17, 15) is 4.79 Å². The van der Waals surface area contributed by atoms with Crippen LogP contribution in [0.5, 0.6) is 0 Å². The predicted octanol–water partition coefficient (Wildman–Crippen LogP) is 0.384. The molecule has 0 aliphatic carbocycles. The molecule has 0 atom stereocenters. The van der Waals surface area contributed by atoms with Crippen molar-refractivity contribution in [3.63, 3.8) is 0 Å². The molecule has 0 heterocycles. The second-order valence-electron chi connectivity index (χ2n) is 2.56. The Morgan fingerprint density at radius 3 is 2.19 bits per heavy atom. The topological polar surface area (TPSA) is 112 Å². The van der Waals surface area contributed by atoms with Crippen LogP contribution in [-0.4, -0.2) is 29.1 Å². The van der Waals surface area contributed by atoms with Crippen LogP contribution in [0, 0.1) is 34.0 Å². The number of nitriles is 3. The molecular weight excluding hydrogens is 208 g/mol. The molecule has 1 N–H and O–H groups in total. The van der Waals surface area contributed by atoms with Gasteiger partial charge < -0.3 is 10.0 Å². The van der Waals surface area contributed by atoms with E-state index >= 15 is 0 Å². The van der Waals surface area contributed by atoms with E-state index in [0.717, 1.165) is 6.08 Å². The van der Waals surface area contributed by atoms with Gasteiger partial charge in [-0.3, -0.25) is 0 Å². The van der Waals surface area contributed by atoms with Gasteiger partial charge >= 0.3 is 5.97 Å². The lowest BCUT2D eigenvalue weighted by Gasteiger charge is -2.10. The molecule has 0 spiro atoms. The van der Waals surface area contributed by atoms with E-state index in [2.05, 4.69) is 0 Å². The molecule has 0 saturated carbocycles. The first-order chi connectivity index (χ1) is 7.65. The number of rotatable bonds is 5. The summed E-state index contributed by atoms with van der Waals surface area (Å²) in [7, 11) is 0. The third kappa shape index (κ3) is 5.06. The summed E-state index contributed by atoms with van der Waals surface area (Å²) in [5.41, 5.74) is -0.412. The highest BCUT2D eigenvalue weighted by molar-refractivity contribution is 5.91. The van der Waals surface area contributed by atoms with Crippen LogP contribution in [0.1, 0.15) is 0 Å². The van der Waals surface area contributed by atoms with E-state index in [-0.39, 0.29) is 13.1 Å². The van der Waals surface area contributed by atoms with Gasteiger partial charge in [0.05, 0.1) is 12.1 Å². The molecule has 0 fully saturated rings. The number of allylic oxidation sites excluding steroid dienone is 2. The van der Waals surface area contributed by atoms with E-state index in [1.54, 1.807) is 0 Å². The first kappa shape index (κ1) is 13.2. The molecule has 0 unspecified atom stereocenters. The summed E-state index contributed by atoms with van der Waals surface area (Å²) in [4.78, 5) is 11.8. The average Bonchev–Trinajstić information content (AvgIpc) is 2.24. The smallest absolute Gasteiger partial charge is 0.346 e. The van der Waals surface area contributed by atoms with Crippen molar-refractivity contribution in [1.29, 1.82) is 15.8 Å². The molecule has 16 heavy (non-hydrogen) atoms. The molecule has 0 aromatic rings. The number of nitrogens with zero attached hydrogens (tertiary/aromatic N) is 4. The van der Waals surface area contributed by atoms with E-state index in [1.165, 1.54) is 23.2 Å². The Kier molecular flexibility index (Phi) is 6.29. The third-order valence-corrected chi connectivity index (χ3v) is 1.46. The van der Waals surface area contributed by atoms with Crippen molar-refractivity contribution in [2.24, 2.45) is 0 Å². The zero-order chi connectivity index (χ0) is 12.4. The van der Waals surface area contributed by atoms with Gasteiger partial charge in [-0.25, -0.2) is 4.79 Å². The zero-order valence-electron chi connectivity index (χ0n) is 8.29. The fourth-order valence-corrected chi connectivity index (χ4v) is 0.760. The lowest BCUT2D eigenvalue weighted by atomic mass is 10.3. The summed E-state index contributed by atoms with van der Waals surface area (Å²) >= 11 is 0. The van der Waals surface area contributed by atoms with E-state index in [0.29, 0.717) is 0 Å². The molecule has 0 aliphatic heterocycles. The van der Waals surface area contributed by atoms with Crippen LogP contribution in [0.4, 0.5) is 0 Å². The molecule has 0 aliphatic rings.